The quantitative estimate of drug-likeness (QED) is 0.212. The molecular weight excluding hydrogens is 520 g/mol. The van der Waals surface area contributed by atoms with E-state index in [1.807, 2.05) is 50.5 Å². The van der Waals surface area contributed by atoms with Gasteiger partial charge in [0, 0.05) is 63.7 Å². The highest BCUT2D eigenvalue weighted by molar-refractivity contribution is 6.43. The summed E-state index contributed by atoms with van der Waals surface area (Å²) in [5.74, 6) is -0.768. The van der Waals surface area contributed by atoms with E-state index in [0.717, 1.165) is 17.1 Å². The molecule has 5 heteroatoms. The maximum atomic E-state index is 14.1. The summed E-state index contributed by atoms with van der Waals surface area (Å²) in [6, 6.07) is 23.3. The maximum absolute atomic E-state index is 14.1. The normalized spacial score (nSPS) is 23.6. The van der Waals surface area contributed by atoms with Crippen LogP contribution in [-0.4, -0.2) is 47.8 Å². The number of likely N-dealkylation sites (N-methyl/N-ethyl adjacent to an activating group) is 1. The molecular formula is C37H33N2O3+. The van der Waals surface area contributed by atoms with Gasteiger partial charge in [-0.25, -0.2) is 0 Å². The zero-order valence-electron chi connectivity index (χ0n) is 24.8. The Morgan fingerprint density at radius 3 is 1.90 bits per heavy atom. The number of para-hydroxylation sites is 2. The molecule has 0 radical (unpaired) electrons. The number of rotatable bonds is 2. The van der Waals surface area contributed by atoms with Gasteiger partial charge in [-0.05, 0) is 31.6 Å². The molecule has 0 spiro atoms. The van der Waals surface area contributed by atoms with Crippen LogP contribution >= 0.6 is 0 Å². The lowest BCUT2D eigenvalue weighted by Gasteiger charge is -2.34. The van der Waals surface area contributed by atoms with Gasteiger partial charge in [-0.2, -0.15) is 4.58 Å². The molecule has 42 heavy (non-hydrogen) atoms. The number of allylic oxidation sites excluding steroid dienone is 5. The number of Topliss-reactive ketones (excluding diaryl/α,β-unsaturated/α-hetero) is 3. The second-order valence-corrected chi connectivity index (χ2v) is 12.8. The van der Waals surface area contributed by atoms with Gasteiger partial charge in [-0.1, -0.05) is 74.5 Å². The van der Waals surface area contributed by atoms with Crippen LogP contribution in [0.1, 0.15) is 59.5 Å². The van der Waals surface area contributed by atoms with Crippen LogP contribution in [0.4, 0.5) is 11.4 Å². The molecule has 1 fully saturated rings. The van der Waals surface area contributed by atoms with Crippen molar-refractivity contribution in [1.82, 2.24) is 0 Å². The van der Waals surface area contributed by atoms with E-state index in [2.05, 4.69) is 61.4 Å². The molecule has 0 aromatic heterocycles. The van der Waals surface area contributed by atoms with Gasteiger partial charge in [-0.3, -0.25) is 14.4 Å². The molecule has 5 nitrogen and oxygen atoms in total. The molecule has 0 N–H and O–H groups in total. The topological polar surface area (TPSA) is 57.5 Å². The number of hydrogen-bond donors (Lipinski definition) is 0. The minimum Gasteiger partial charge on any atom is -0.367 e. The van der Waals surface area contributed by atoms with E-state index in [1.165, 1.54) is 11.1 Å². The number of benzene rings is 3. The Kier molecular flexibility index (Phi) is 5.43. The highest BCUT2D eigenvalue weighted by Crippen LogP contribution is 2.49. The Morgan fingerprint density at radius 1 is 0.714 bits per heavy atom. The highest BCUT2D eigenvalue weighted by atomic mass is 16.2. The predicted molar refractivity (Wildman–Crippen MR) is 165 cm³/mol. The molecule has 3 aromatic rings. The van der Waals surface area contributed by atoms with E-state index in [0.29, 0.717) is 27.8 Å². The summed E-state index contributed by atoms with van der Waals surface area (Å²) in [5, 5.41) is 0. The van der Waals surface area contributed by atoms with Crippen LogP contribution in [0.15, 0.2) is 107 Å². The molecule has 0 saturated heterocycles. The summed E-state index contributed by atoms with van der Waals surface area (Å²) in [5.41, 5.74) is 7.09. The Hall–Kier alpha value is -4.64. The van der Waals surface area contributed by atoms with Gasteiger partial charge in [0.1, 0.15) is 7.05 Å². The van der Waals surface area contributed by atoms with Crippen molar-refractivity contribution in [2.45, 2.75) is 44.6 Å². The van der Waals surface area contributed by atoms with Crippen molar-refractivity contribution in [3.63, 3.8) is 0 Å². The monoisotopic (exact) mass is 553 g/mol. The van der Waals surface area contributed by atoms with E-state index >= 15 is 0 Å². The molecule has 1 unspecified atom stereocenters. The first-order valence-corrected chi connectivity index (χ1v) is 14.4. The van der Waals surface area contributed by atoms with Crippen LogP contribution in [0.3, 0.4) is 0 Å². The second kappa shape index (κ2) is 8.68. The zero-order chi connectivity index (χ0) is 29.7. The third-order valence-corrected chi connectivity index (χ3v) is 9.83. The first-order chi connectivity index (χ1) is 20.0. The Labute approximate surface area is 246 Å². The predicted octanol–water partition coefficient (Wildman–Crippen LogP) is 6.30. The SMILES string of the molecule is CN1c2ccccc2C(C)(C)C1C=C1C(=O)C(=CC2=[N+](C)c3ccccc3C2(C)C)C1=C1C(=O)c2ccccc2C1=O. The summed E-state index contributed by atoms with van der Waals surface area (Å²) in [6.07, 6.45) is 3.89. The number of nitrogens with zero attached hydrogens (tertiary/aromatic N) is 2. The molecule has 2 aliphatic heterocycles. The molecule has 4 aliphatic rings. The number of carbonyl (C=O) groups excluding carboxylic acids is 3. The van der Waals surface area contributed by atoms with Gasteiger partial charge in [0.25, 0.3) is 0 Å². The third kappa shape index (κ3) is 3.31. The van der Waals surface area contributed by atoms with Crippen molar-refractivity contribution in [1.29, 1.82) is 0 Å². The molecule has 0 amide bonds. The number of carbonyl (C=O) groups is 3. The molecule has 1 saturated carbocycles. The number of hydrogen-bond acceptors (Lipinski definition) is 4. The zero-order valence-corrected chi connectivity index (χ0v) is 24.8. The van der Waals surface area contributed by atoms with Crippen LogP contribution in [0, 0.1) is 0 Å². The van der Waals surface area contributed by atoms with Gasteiger partial charge < -0.3 is 4.90 Å². The van der Waals surface area contributed by atoms with Crippen LogP contribution < -0.4 is 4.90 Å². The average Bonchev–Trinajstić information content (AvgIpc) is 3.43. The Bertz CT molecular complexity index is 1880. The van der Waals surface area contributed by atoms with E-state index < -0.39 is 0 Å². The van der Waals surface area contributed by atoms with E-state index in [1.54, 1.807) is 24.3 Å². The van der Waals surface area contributed by atoms with Crippen LogP contribution in [0.25, 0.3) is 0 Å². The largest absolute Gasteiger partial charge is 0.367 e. The van der Waals surface area contributed by atoms with Gasteiger partial charge in [0.2, 0.25) is 5.69 Å². The fourth-order valence-electron chi connectivity index (χ4n) is 7.49. The number of anilines is 1. The van der Waals surface area contributed by atoms with E-state index in [4.69, 9.17) is 0 Å². The van der Waals surface area contributed by atoms with Gasteiger partial charge >= 0.3 is 0 Å². The molecule has 7 rings (SSSR count). The lowest BCUT2D eigenvalue weighted by Crippen LogP contribution is -2.40. The fraction of sp³-hybridized carbons (Fsp3) is 0.243. The summed E-state index contributed by atoms with van der Waals surface area (Å²) in [4.78, 5) is 43.9. The van der Waals surface area contributed by atoms with Crippen molar-refractivity contribution in [2.75, 3.05) is 19.0 Å². The fourth-order valence-corrected chi connectivity index (χ4v) is 7.49. The molecule has 2 aliphatic carbocycles. The molecule has 2 heterocycles. The third-order valence-electron chi connectivity index (χ3n) is 9.83. The van der Waals surface area contributed by atoms with Gasteiger partial charge in [-0.15, -0.1) is 0 Å². The van der Waals surface area contributed by atoms with Crippen molar-refractivity contribution in [2.24, 2.45) is 0 Å². The summed E-state index contributed by atoms with van der Waals surface area (Å²) >= 11 is 0. The van der Waals surface area contributed by atoms with Gasteiger partial charge in [0.05, 0.1) is 17.0 Å². The van der Waals surface area contributed by atoms with Crippen molar-refractivity contribution in [3.05, 3.63) is 129 Å². The molecule has 1 atom stereocenters. The van der Waals surface area contributed by atoms with E-state index in [9.17, 15) is 14.4 Å². The van der Waals surface area contributed by atoms with Crippen molar-refractivity contribution >= 4 is 34.4 Å². The Morgan fingerprint density at radius 2 is 1.29 bits per heavy atom. The summed E-state index contributed by atoms with van der Waals surface area (Å²) in [7, 11) is 4.04. The van der Waals surface area contributed by atoms with Crippen molar-refractivity contribution < 1.29 is 19.0 Å². The molecule has 208 valence electrons. The first-order valence-electron chi connectivity index (χ1n) is 14.4. The lowest BCUT2D eigenvalue weighted by molar-refractivity contribution is -0.401. The maximum Gasteiger partial charge on any atom is 0.209 e. The lowest BCUT2D eigenvalue weighted by atomic mass is 9.70. The van der Waals surface area contributed by atoms with Gasteiger partial charge in [0.15, 0.2) is 23.1 Å². The van der Waals surface area contributed by atoms with Crippen LogP contribution in [0.2, 0.25) is 0 Å². The average molecular weight is 554 g/mol. The smallest absolute Gasteiger partial charge is 0.209 e. The highest BCUT2D eigenvalue weighted by Gasteiger charge is 2.50. The van der Waals surface area contributed by atoms with E-state index in [-0.39, 0.29) is 39.8 Å². The molecule has 0 bridgehead atoms. The van der Waals surface area contributed by atoms with Crippen molar-refractivity contribution in [3.8, 4) is 0 Å². The Balaban J connectivity index is 1.43. The second-order valence-electron chi connectivity index (χ2n) is 12.8. The minimum absolute atomic E-state index is 0.0980. The standard InChI is InChI=1S/C37H33N2O3/c1-36(2)25-15-9-11-17-27(25)38(5)29(36)19-23-31(32-34(41)21-13-7-8-14-22(21)35(32)42)24(33(23)40)20-30-37(3,4)26-16-10-12-18-28(26)39(30)6/h7-20,29H,1-6H3/q+1. The number of fused-ring (bicyclic) bond motifs is 3. The minimum atomic E-state index is -0.365. The van der Waals surface area contributed by atoms with Crippen LogP contribution in [-0.2, 0) is 15.6 Å². The number of ketones is 3. The summed E-state index contributed by atoms with van der Waals surface area (Å²) in [6.45, 7) is 8.63. The summed E-state index contributed by atoms with van der Waals surface area (Å²) < 4.78 is 2.11. The first kappa shape index (κ1) is 26.3. The molecule has 3 aromatic carbocycles. The van der Waals surface area contributed by atoms with Crippen LogP contribution in [0.5, 0.6) is 0 Å².